The van der Waals surface area contributed by atoms with Crippen LogP contribution in [0.2, 0.25) is 0 Å². The van der Waals surface area contributed by atoms with Gasteiger partial charge in [0.05, 0.1) is 12.1 Å². The van der Waals surface area contributed by atoms with Crippen molar-refractivity contribution in [2.45, 2.75) is 12.8 Å². The highest BCUT2D eigenvalue weighted by atomic mass is 16.5. The molecule has 130 valence electrons. The van der Waals surface area contributed by atoms with E-state index in [1.54, 1.807) is 30.3 Å². The normalized spacial score (nSPS) is 16.5. The molecule has 1 amide bonds. The number of H-pyrrole nitrogens is 1. The molecule has 0 aliphatic carbocycles. The van der Waals surface area contributed by atoms with Gasteiger partial charge in [0.15, 0.2) is 11.6 Å². The predicted octanol–water partition coefficient (Wildman–Crippen LogP) is 2.48. The van der Waals surface area contributed by atoms with Crippen molar-refractivity contribution in [2.24, 2.45) is 0 Å². The number of aromatic nitrogens is 1. The molecular weight excluding hydrogens is 322 g/mol. The molecule has 1 fully saturated rings. The van der Waals surface area contributed by atoms with Gasteiger partial charge < -0.3 is 24.6 Å². The second-order valence-corrected chi connectivity index (χ2v) is 6.25. The van der Waals surface area contributed by atoms with E-state index in [0.29, 0.717) is 24.6 Å². The standard InChI is InChI=1S/C18H19N3O4/c22-17(20-7-1-2-8-20)14-11-15-16(19-14)21(9-10-25-15)13-5-3-12(4-6-13)18(23)24/h3-6,11,19H,1-2,7-10H2,(H,23,24). The Bertz CT molecular complexity index is 806. The summed E-state index contributed by atoms with van der Waals surface area (Å²) in [6.07, 6.45) is 2.09. The van der Waals surface area contributed by atoms with Crippen molar-refractivity contribution in [1.29, 1.82) is 0 Å². The van der Waals surface area contributed by atoms with Gasteiger partial charge >= 0.3 is 5.97 Å². The number of aromatic carboxylic acids is 1. The molecule has 2 aliphatic rings. The summed E-state index contributed by atoms with van der Waals surface area (Å²) in [5, 5.41) is 9.03. The number of fused-ring (bicyclic) bond motifs is 1. The van der Waals surface area contributed by atoms with Crippen molar-refractivity contribution in [3.8, 4) is 5.75 Å². The number of nitrogens with zero attached hydrogens (tertiary/aromatic N) is 2. The molecular formula is C18H19N3O4. The maximum atomic E-state index is 12.6. The van der Waals surface area contributed by atoms with Crippen LogP contribution in [0.15, 0.2) is 30.3 Å². The fraction of sp³-hybridized carbons (Fsp3) is 0.333. The first-order valence-electron chi connectivity index (χ1n) is 8.39. The first-order chi connectivity index (χ1) is 12.1. The number of carbonyl (C=O) groups excluding carboxylic acids is 1. The highest BCUT2D eigenvalue weighted by Gasteiger charge is 2.27. The lowest BCUT2D eigenvalue weighted by molar-refractivity contribution is 0.0696. The quantitative estimate of drug-likeness (QED) is 0.896. The summed E-state index contributed by atoms with van der Waals surface area (Å²) in [5.41, 5.74) is 1.63. The third kappa shape index (κ3) is 2.82. The van der Waals surface area contributed by atoms with Crippen molar-refractivity contribution in [2.75, 3.05) is 31.1 Å². The molecule has 1 aromatic heterocycles. The molecule has 1 saturated heterocycles. The molecule has 25 heavy (non-hydrogen) atoms. The molecule has 3 heterocycles. The summed E-state index contributed by atoms with van der Waals surface area (Å²) in [6, 6.07) is 8.44. The van der Waals surface area contributed by atoms with Crippen LogP contribution in [0.25, 0.3) is 0 Å². The van der Waals surface area contributed by atoms with E-state index in [4.69, 9.17) is 9.84 Å². The average Bonchev–Trinajstić information content (AvgIpc) is 3.30. The van der Waals surface area contributed by atoms with E-state index in [0.717, 1.165) is 37.4 Å². The largest absolute Gasteiger partial charge is 0.488 e. The smallest absolute Gasteiger partial charge is 0.335 e. The van der Waals surface area contributed by atoms with Crippen LogP contribution in [-0.2, 0) is 0 Å². The Hall–Kier alpha value is -2.96. The molecule has 7 nitrogen and oxygen atoms in total. The van der Waals surface area contributed by atoms with Crippen LogP contribution in [-0.4, -0.2) is 53.1 Å². The number of carboxylic acid groups (broad SMARTS) is 1. The van der Waals surface area contributed by atoms with Crippen LogP contribution >= 0.6 is 0 Å². The van der Waals surface area contributed by atoms with Crippen LogP contribution in [0.4, 0.5) is 11.5 Å². The SMILES string of the molecule is O=C(O)c1ccc(N2CCOc3cc(C(=O)N4CCCC4)[nH]c32)cc1. The minimum Gasteiger partial charge on any atom is -0.488 e. The number of hydrogen-bond donors (Lipinski definition) is 2. The Morgan fingerprint density at radius 2 is 1.80 bits per heavy atom. The monoisotopic (exact) mass is 341 g/mol. The molecule has 0 atom stereocenters. The van der Waals surface area contributed by atoms with Crippen molar-refractivity contribution in [1.82, 2.24) is 9.88 Å². The van der Waals surface area contributed by atoms with Gasteiger partial charge in [-0.3, -0.25) is 4.79 Å². The van der Waals surface area contributed by atoms with E-state index in [9.17, 15) is 9.59 Å². The van der Waals surface area contributed by atoms with E-state index in [1.165, 1.54) is 0 Å². The number of ether oxygens (including phenoxy) is 1. The fourth-order valence-corrected chi connectivity index (χ4v) is 3.34. The summed E-state index contributed by atoms with van der Waals surface area (Å²) in [6.45, 7) is 2.72. The van der Waals surface area contributed by atoms with Crippen LogP contribution in [0.5, 0.6) is 5.75 Å². The number of carboxylic acids is 1. The van der Waals surface area contributed by atoms with Crippen LogP contribution in [0.1, 0.15) is 33.7 Å². The Kier molecular flexibility index (Phi) is 3.83. The number of anilines is 2. The molecule has 0 bridgehead atoms. The number of amides is 1. The molecule has 0 unspecified atom stereocenters. The van der Waals surface area contributed by atoms with E-state index < -0.39 is 5.97 Å². The minimum absolute atomic E-state index is 0.00308. The van der Waals surface area contributed by atoms with Crippen molar-refractivity contribution in [3.63, 3.8) is 0 Å². The van der Waals surface area contributed by atoms with Gasteiger partial charge in [0.1, 0.15) is 12.3 Å². The molecule has 2 aromatic rings. The number of aromatic amines is 1. The fourth-order valence-electron chi connectivity index (χ4n) is 3.34. The van der Waals surface area contributed by atoms with Crippen LogP contribution in [0, 0.1) is 0 Å². The lowest BCUT2D eigenvalue weighted by Gasteiger charge is -2.28. The second-order valence-electron chi connectivity index (χ2n) is 6.25. The van der Waals surface area contributed by atoms with Gasteiger partial charge in [0.2, 0.25) is 0 Å². The van der Waals surface area contributed by atoms with Gasteiger partial charge in [-0.25, -0.2) is 4.79 Å². The van der Waals surface area contributed by atoms with Gasteiger partial charge in [-0.1, -0.05) is 0 Å². The van der Waals surface area contributed by atoms with Crippen molar-refractivity contribution >= 4 is 23.4 Å². The Morgan fingerprint density at radius 3 is 2.48 bits per heavy atom. The Labute approximate surface area is 144 Å². The zero-order valence-corrected chi connectivity index (χ0v) is 13.7. The molecule has 7 heteroatoms. The van der Waals surface area contributed by atoms with E-state index >= 15 is 0 Å². The number of hydrogen-bond acceptors (Lipinski definition) is 4. The topological polar surface area (TPSA) is 85.9 Å². The zero-order valence-electron chi connectivity index (χ0n) is 13.7. The molecule has 0 saturated carbocycles. The Balaban J connectivity index is 1.63. The molecule has 2 N–H and O–H groups in total. The molecule has 1 aromatic carbocycles. The molecule has 0 radical (unpaired) electrons. The second kappa shape index (κ2) is 6.16. The highest BCUT2D eigenvalue weighted by Crippen LogP contribution is 2.37. The molecule has 4 rings (SSSR count). The zero-order chi connectivity index (χ0) is 17.4. The van der Waals surface area contributed by atoms with Gasteiger partial charge in [0.25, 0.3) is 5.91 Å². The summed E-state index contributed by atoms with van der Waals surface area (Å²) in [5.74, 6) is 0.428. The van der Waals surface area contributed by atoms with Crippen molar-refractivity contribution in [3.05, 3.63) is 41.6 Å². The van der Waals surface area contributed by atoms with E-state index in [2.05, 4.69) is 4.98 Å². The third-order valence-electron chi connectivity index (χ3n) is 4.65. The third-order valence-corrected chi connectivity index (χ3v) is 4.65. The molecule has 2 aliphatic heterocycles. The lowest BCUT2D eigenvalue weighted by Crippen LogP contribution is -2.29. The van der Waals surface area contributed by atoms with Gasteiger partial charge in [-0.2, -0.15) is 0 Å². The lowest BCUT2D eigenvalue weighted by atomic mass is 10.2. The van der Waals surface area contributed by atoms with E-state index in [-0.39, 0.29) is 11.5 Å². The number of benzene rings is 1. The summed E-state index contributed by atoms with van der Waals surface area (Å²) < 4.78 is 5.69. The first-order valence-corrected chi connectivity index (χ1v) is 8.39. The van der Waals surface area contributed by atoms with Crippen molar-refractivity contribution < 1.29 is 19.4 Å². The number of carbonyl (C=O) groups is 2. The summed E-state index contributed by atoms with van der Waals surface area (Å²) >= 11 is 0. The first kappa shape index (κ1) is 15.6. The maximum Gasteiger partial charge on any atom is 0.335 e. The van der Waals surface area contributed by atoms with Gasteiger partial charge in [-0.05, 0) is 37.1 Å². The number of likely N-dealkylation sites (tertiary alicyclic amines) is 1. The molecule has 0 spiro atoms. The van der Waals surface area contributed by atoms with Crippen LogP contribution in [0.3, 0.4) is 0 Å². The number of rotatable bonds is 3. The predicted molar refractivity (Wildman–Crippen MR) is 91.8 cm³/mol. The van der Waals surface area contributed by atoms with Crippen LogP contribution < -0.4 is 9.64 Å². The number of nitrogens with one attached hydrogen (secondary N) is 1. The Morgan fingerprint density at radius 1 is 1.08 bits per heavy atom. The minimum atomic E-state index is -0.951. The average molecular weight is 341 g/mol. The van der Waals surface area contributed by atoms with Gasteiger partial charge in [0, 0.05) is 24.8 Å². The van der Waals surface area contributed by atoms with E-state index in [1.807, 2.05) is 9.80 Å². The summed E-state index contributed by atoms with van der Waals surface area (Å²) in [7, 11) is 0. The maximum absolute atomic E-state index is 12.6. The summed E-state index contributed by atoms with van der Waals surface area (Å²) in [4.78, 5) is 30.6. The highest BCUT2D eigenvalue weighted by molar-refractivity contribution is 5.95. The van der Waals surface area contributed by atoms with Gasteiger partial charge in [-0.15, -0.1) is 0 Å².